The summed E-state index contributed by atoms with van der Waals surface area (Å²) >= 11 is 0. The van der Waals surface area contributed by atoms with Gasteiger partial charge in [-0.3, -0.25) is 0 Å². The zero-order chi connectivity index (χ0) is 15.7. The molecule has 3 heteroatoms. The van der Waals surface area contributed by atoms with Gasteiger partial charge in [0.2, 0.25) is 0 Å². The summed E-state index contributed by atoms with van der Waals surface area (Å²) in [6.07, 6.45) is 0.903. The molecule has 0 atom stereocenters. The lowest BCUT2D eigenvalue weighted by atomic mass is 10.1. The van der Waals surface area contributed by atoms with Gasteiger partial charge in [0.05, 0.1) is 12.2 Å². The molecule has 0 aromatic heterocycles. The highest BCUT2D eigenvalue weighted by molar-refractivity contribution is 5.21. The van der Waals surface area contributed by atoms with E-state index in [2.05, 4.69) is 57.3 Å². The van der Waals surface area contributed by atoms with Crippen molar-refractivity contribution in [1.82, 2.24) is 5.32 Å². The van der Waals surface area contributed by atoms with Crippen LogP contribution >= 0.6 is 0 Å². The lowest BCUT2D eigenvalue weighted by Gasteiger charge is -2.22. The average Bonchev–Trinajstić information content (AvgIpc) is 2.45. The number of nitrogens with one attached hydrogen (secondary N) is 1. The first-order chi connectivity index (χ1) is 9.93. The van der Waals surface area contributed by atoms with Crippen molar-refractivity contribution in [3.63, 3.8) is 0 Å². The summed E-state index contributed by atoms with van der Waals surface area (Å²) in [7, 11) is 1.74. The molecule has 0 saturated heterocycles. The molecule has 3 nitrogen and oxygen atoms in total. The quantitative estimate of drug-likeness (QED) is 0.666. The first-order valence-electron chi connectivity index (χ1n) is 7.84. The topological polar surface area (TPSA) is 30.5 Å². The van der Waals surface area contributed by atoms with Gasteiger partial charge in [-0.25, -0.2) is 0 Å². The standard InChI is InChI=1S/C18H31NO2/c1-15(2)12-19-13-16-6-8-17(9-7-16)14-21-11-10-18(3,4)20-5/h6-9,15,19H,10-14H2,1-5H3. The van der Waals surface area contributed by atoms with Crippen LogP contribution in [0.15, 0.2) is 24.3 Å². The predicted molar refractivity (Wildman–Crippen MR) is 88.3 cm³/mol. The second-order valence-electron chi connectivity index (χ2n) is 6.61. The Labute approximate surface area is 130 Å². The average molecular weight is 293 g/mol. The third-order valence-electron chi connectivity index (χ3n) is 3.57. The minimum absolute atomic E-state index is 0.105. The SMILES string of the molecule is COC(C)(C)CCOCc1ccc(CNCC(C)C)cc1. The van der Waals surface area contributed by atoms with E-state index in [0.29, 0.717) is 12.5 Å². The van der Waals surface area contributed by atoms with E-state index in [4.69, 9.17) is 9.47 Å². The van der Waals surface area contributed by atoms with Crippen molar-refractivity contribution in [3.05, 3.63) is 35.4 Å². The first-order valence-corrected chi connectivity index (χ1v) is 7.84. The fourth-order valence-electron chi connectivity index (χ4n) is 1.87. The zero-order valence-electron chi connectivity index (χ0n) is 14.2. The molecular weight excluding hydrogens is 262 g/mol. The van der Waals surface area contributed by atoms with Crippen molar-refractivity contribution in [2.45, 2.75) is 52.9 Å². The largest absolute Gasteiger partial charge is 0.379 e. The Balaban J connectivity index is 2.25. The monoisotopic (exact) mass is 293 g/mol. The molecule has 0 aliphatic rings. The molecule has 0 saturated carbocycles. The molecule has 1 aromatic rings. The van der Waals surface area contributed by atoms with Gasteiger partial charge in [-0.05, 0) is 43.9 Å². The van der Waals surface area contributed by atoms with Crippen molar-refractivity contribution >= 4 is 0 Å². The van der Waals surface area contributed by atoms with Gasteiger partial charge in [0.1, 0.15) is 0 Å². The van der Waals surface area contributed by atoms with E-state index in [1.54, 1.807) is 7.11 Å². The van der Waals surface area contributed by atoms with Crippen molar-refractivity contribution in [1.29, 1.82) is 0 Å². The third-order valence-corrected chi connectivity index (χ3v) is 3.57. The highest BCUT2D eigenvalue weighted by atomic mass is 16.5. The molecule has 0 spiro atoms. The van der Waals surface area contributed by atoms with E-state index < -0.39 is 0 Å². The van der Waals surface area contributed by atoms with Crippen LogP contribution in [0.4, 0.5) is 0 Å². The summed E-state index contributed by atoms with van der Waals surface area (Å²) in [6, 6.07) is 8.64. The van der Waals surface area contributed by atoms with E-state index in [-0.39, 0.29) is 5.60 Å². The minimum atomic E-state index is -0.105. The van der Waals surface area contributed by atoms with E-state index >= 15 is 0 Å². The summed E-state index contributed by atoms with van der Waals surface area (Å²) in [5, 5.41) is 3.45. The summed E-state index contributed by atoms with van der Waals surface area (Å²) in [5.74, 6) is 0.689. The van der Waals surface area contributed by atoms with Crippen molar-refractivity contribution in [2.75, 3.05) is 20.3 Å². The number of methoxy groups -OCH3 is 1. The minimum Gasteiger partial charge on any atom is -0.379 e. The molecule has 1 rings (SSSR count). The molecular formula is C18H31NO2. The fraction of sp³-hybridized carbons (Fsp3) is 0.667. The summed E-state index contributed by atoms with van der Waals surface area (Å²) < 4.78 is 11.1. The summed E-state index contributed by atoms with van der Waals surface area (Å²) in [4.78, 5) is 0. The van der Waals surface area contributed by atoms with E-state index in [1.807, 2.05) is 0 Å². The van der Waals surface area contributed by atoms with Gasteiger partial charge >= 0.3 is 0 Å². The van der Waals surface area contributed by atoms with Crippen LogP contribution in [0.2, 0.25) is 0 Å². The molecule has 0 radical (unpaired) electrons. The summed E-state index contributed by atoms with van der Waals surface area (Å²) in [5.41, 5.74) is 2.43. The zero-order valence-corrected chi connectivity index (χ0v) is 14.2. The van der Waals surface area contributed by atoms with Gasteiger partial charge in [-0.2, -0.15) is 0 Å². The van der Waals surface area contributed by atoms with Crippen LogP contribution in [0.25, 0.3) is 0 Å². The Morgan fingerprint density at radius 1 is 1.10 bits per heavy atom. The van der Waals surface area contributed by atoms with Gasteiger partial charge < -0.3 is 14.8 Å². The normalized spacial score (nSPS) is 12.1. The van der Waals surface area contributed by atoms with Crippen LogP contribution in [0.3, 0.4) is 0 Å². The molecule has 0 unspecified atom stereocenters. The van der Waals surface area contributed by atoms with E-state index in [9.17, 15) is 0 Å². The van der Waals surface area contributed by atoms with Crippen LogP contribution in [-0.2, 0) is 22.6 Å². The maximum atomic E-state index is 5.71. The van der Waals surface area contributed by atoms with Crippen LogP contribution in [0.1, 0.15) is 45.2 Å². The van der Waals surface area contributed by atoms with Crippen LogP contribution in [-0.4, -0.2) is 25.9 Å². The molecule has 0 bridgehead atoms. The molecule has 0 heterocycles. The smallest absolute Gasteiger partial charge is 0.0716 e. The predicted octanol–water partition coefficient (Wildman–Crippen LogP) is 3.76. The molecule has 21 heavy (non-hydrogen) atoms. The second-order valence-corrected chi connectivity index (χ2v) is 6.61. The number of benzene rings is 1. The number of rotatable bonds is 10. The molecule has 1 aromatic carbocycles. The fourth-order valence-corrected chi connectivity index (χ4v) is 1.87. The maximum absolute atomic E-state index is 5.71. The Bertz CT molecular complexity index is 385. The lowest BCUT2D eigenvalue weighted by Crippen LogP contribution is -2.24. The maximum Gasteiger partial charge on any atom is 0.0716 e. The van der Waals surface area contributed by atoms with Gasteiger partial charge in [0, 0.05) is 20.3 Å². The van der Waals surface area contributed by atoms with Crippen LogP contribution < -0.4 is 5.32 Å². The van der Waals surface area contributed by atoms with Gasteiger partial charge in [-0.1, -0.05) is 38.1 Å². The highest BCUT2D eigenvalue weighted by Crippen LogP contribution is 2.13. The first kappa shape index (κ1) is 18.1. The van der Waals surface area contributed by atoms with Crippen LogP contribution in [0.5, 0.6) is 0 Å². The van der Waals surface area contributed by atoms with Gasteiger partial charge in [0.15, 0.2) is 0 Å². The molecule has 120 valence electrons. The molecule has 0 aliphatic heterocycles. The Kier molecular flexibility index (Phi) is 7.94. The highest BCUT2D eigenvalue weighted by Gasteiger charge is 2.15. The Hall–Kier alpha value is -0.900. The molecule has 1 N–H and O–H groups in total. The lowest BCUT2D eigenvalue weighted by molar-refractivity contribution is -0.0124. The van der Waals surface area contributed by atoms with Crippen molar-refractivity contribution < 1.29 is 9.47 Å². The van der Waals surface area contributed by atoms with Gasteiger partial charge in [-0.15, -0.1) is 0 Å². The van der Waals surface area contributed by atoms with E-state index in [1.165, 1.54) is 11.1 Å². The third kappa shape index (κ3) is 8.20. The van der Waals surface area contributed by atoms with Gasteiger partial charge in [0.25, 0.3) is 0 Å². The Morgan fingerprint density at radius 2 is 1.71 bits per heavy atom. The van der Waals surface area contributed by atoms with Crippen molar-refractivity contribution in [2.24, 2.45) is 5.92 Å². The number of ether oxygens (including phenoxy) is 2. The second kappa shape index (κ2) is 9.19. The van der Waals surface area contributed by atoms with Crippen molar-refractivity contribution in [3.8, 4) is 0 Å². The van der Waals surface area contributed by atoms with Crippen LogP contribution in [0, 0.1) is 5.92 Å². The summed E-state index contributed by atoms with van der Waals surface area (Å²) in [6.45, 7) is 12.0. The number of hydrogen-bond acceptors (Lipinski definition) is 3. The molecule has 0 amide bonds. The van der Waals surface area contributed by atoms with E-state index in [0.717, 1.165) is 26.1 Å². The number of hydrogen-bond donors (Lipinski definition) is 1. The molecule has 0 fully saturated rings. The molecule has 0 aliphatic carbocycles. The Morgan fingerprint density at radius 3 is 2.29 bits per heavy atom.